The summed E-state index contributed by atoms with van der Waals surface area (Å²) in [5.41, 5.74) is 1.49. The van der Waals surface area contributed by atoms with Crippen molar-refractivity contribution < 1.29 is 5.11 Å². The molecule has 1 aromatic carbocycles. The lowest BCUT2D eigenvalue weighted by atomic mass is 10.0. The first-order valence-corrected chi connectivity index (χ1v) is 7.72. The summed E-state index contributed by atoms with van der Waals surface area (Å²) in [4.78, 5) is 0. The molecule has 0 spiro atoms. The van der Waals surface area contributed by atoms with Gasteiger partial charge in [0.15, 0.2) is 0 Å². The summed E-state index contributed by atoms with van der Waals surface area (Å²) in [5, 5.41) is 13.5. The number of hydrogen-bond donors (Lipinski definition) is 2. The molecule has 0 heterocycles. The van der Waals surface area contributed by atoms with Gasteiger partial charge in [-0.05, 0) is 49.5 Å². The third-order valence-electron chi connectivity index (χ3n) is 5.03. The molecule has 2 aliphatic carbocycles. The molecule has 0 radical (unpaired) electrons. The molecule has 0 aromatic heterocycles. The van der Waals surface area contributed by atoms with Crippen LogP contribution in [0, 0.1) is 11.8 Å². The summed E-state index contributed by atoms with van der Waals surface area (Å²) < 4.78 is 0. The highest BCUT2D eigenvalue weighted by Gasteiger charge is 2.42. The molecule has 2 fully saturated rings. The quantitative estimate of drug-likeness (QED) is 0.852. The third-order valence-corrected chi connectivity index (χ3v) is 5.03. The van der Waals surface area contributed by atoms with Gasteiger partial charge in [0.2, 0.25) is 0 Å². The summed E-state index contributed by atoms with van der Waals surface area (Å²) in [7, 11) is 0. The molecular formula is C17H25NO. The van der Waals surface area contributed by atoms with Crippen molar-refractivity contribution in [3.8, 4) is 0 Å². The van der Waals surface area contributed by atoms with E-state index in [4.69, 9.17) is 0 Å². The van der Waals surface area contributed by atoms with Crippen LogP contribution in [0.4, 0.5) is 0 Å². The summed E-state index contributed by atoms with van der Waals surface area (Å²) in [6.07, 6.45) is 4.62. The largest absolute Gasteiger partial charge is 0.393 e. The zero-order valence-electron chi connectivity index (χ0n) is 11.8. The van der Waals surface area contributed by atoms with Crippen LogP contribution >= 0.6 is 0 Å². The molecule has 19 heavy (non-hydrogen) atoms. The van der Waals surface area contributed by atoms with Crippen LogP contribution in [-0.4, -0.2) is 23.8 Å². The topological polar surface area (TPSA) is 32.3 Å². The molecule has 2 N–H and O–H groups in total. The van der Waals surface area contributed by atoms with Gasteiger partial charge in [0, 0.05) is 12.6 Å². The van der Waals surface area contributed by atoms with Gasteiger partial charge in [-0.3, -0.25) is 0 Å². The molecule has 2 nitrogen and oxygen atoms in total. The number of aliphatic hydroxyl groups excluding tert-OH is 1. The van der Waals surface area contributed by atoms with Gasteiger partial charge in [-0.2, -0.15) is 0 Å². The highest BCUT2D eigenvalue weighted by molar-refractivity contribution is 5.26. The van der Waals surface area contributed by atoms with E-state index in [2.05, 4.69) is 42.6 Å². The summed E-state index contributed by atoms with van der Waals surface area (Å²) in [5.74, 6) is 2.01. The van der Waals surface area contributed by atoms with Gasteiger partial charge in [-0.15, -0.1) is 0 Å². The lowest BCUT2D eigenvalue weighted by Crippen LogP contribution is -2.35. The van der Waals surface area contributed by atoms with Crippen LogP contribution in [0.25, 0.3) is 0 Å². The average molecular weight is 259 g/mol. The van der Waals surface area contributed by atoms with Gasteiger partial charge in [0.25, 0.3) is 0 Å². The van der Waals surface area contributed by atoms with Crippen molar-refractivity contribution in [2.45, 2.75) is 50.7 Å². The Labute approximate surface area is 116 Å². The fourth-order valence-electron chi connectivity index (χ4n) is 3.59. The predicted octanol–water partition coefficient (Wildman–Crippen LogP) is 2.93. The molecular weight excluding hydrogens is 234 g/mol. The van der Waals surface area contributed by atoms with Crippen LogP contribution in [0.5, 0.6) is 0 Å². The fraction of sp³-hybridized carbons (Fsp3) is 0.647. The van der Waals surface area contributed by atoms with E-state index in [1.54, 1.807) is 0 Å². The molecule has 5 atom stereocenters. The first-order valence-electron chi connectivity index (χ1n) is 7.72. The van der Waals surface area contributed by atoms with Crippen molar-refractivity contribution in [2.75, 3.05) is 6.54 Å². The minimum Gasteiger partial charge on any atom is -0.393 e. The zero-order valence-corrected chi connectivity index (χ0v) is 11.8. The molecule has 2 aliphatic rings. The SMILES string of the molecule is CC(NC[C@H]1CCC[C@@H]1O)[C@@H]1C[C@H]1c1ccccc1. The number of aliphatic hydroxyl groups is 1. The van der Waals surface area contributed by atoms with E-state index in [0.29, 0.717) is 12.0 Å². The Morgan fingerprint density at radius 3 is 2.74 bits per heavy atom. The van der Waals surface area contributed by atoms with E-state index in [0.717, 1.165) is 24.8 Å². The maximum atomic E-state index is 9.85. The van der Waals surface area contributed by atoms with Crippen molar-refractivity contribution in [3.05, 3.63) is 35.9 Å². The van der Waals surface area contributed by atoms with Crippen molar-refractivity contribution in [1.29, 1.82) is 0 Å². The van der Waals surface area contributed by atoms with E-state index in [9.17, 15) is 5.11 Å². The fourth-order valence-corrected chi connectivity index (χ4v) is 3.59. The van der Waals surface area contributed by atoms with Crippen LogP contribution in [0.1, 0.15) is 44.1 Å². The van der Waals surface area contributed by atoms with Crippen molar-refractivity contribution >= 4 is 0 Å². The lowest BCUT2D eigenvalue weighted by Gasteiger charge is -2.19. The Hall–Kier alpha value is -0.860. The molecule has 0 saturated heterocycles. The summed E-state index contributed by atoms with van der Waals surface area (Å²) >= 11 is 0. The molecule has 2 heteroatoms. The van der Waals surface area contributed by atoms with Gasteiger partial charge in [0.1, 0.15) is 0 Å². The molecule has 0 bridgehead atoms. The van der Waals surface area contributed by atoms with Crippen LogP contribution in [0.3, 0.4) is 0 Å². The molecule has 104 valence electrons. The predicted molar refractivity (Wildman–Crippen MR) is 78.1 cm³/mol. The Bertz CT molecular complexity index is 405. The van der Waals surface area contributed by atoms with Crippen LogP contribution in [-0.2, 0) is 0 Å². The van der Waals surface area contributed by atoms with Gasteiger partial charge in [-0.1, -0.05) is 36.8 Å². The molecule has 1 aromatic rings. The maximum Gasteiger partial charge on any atom is 0.0580 e. The second-order valence-electron chi connectivity index (χ2n) is 6.37. The minimum atomic E-state index is -0.0659. The molecule has 2 saturated carbocycles. The molecule has 1 unspecified atom stereocenters. The van der Waals surface area contributed by atoms with E-state index in [-0.39, 0.29) is 6.10 Å². The smallest absolute Gasteiger partial charge is 0.0580 e. The van der Waals surface area contributed by atoms with Crippen molar-refractivity contribution in [1.82, 2.24) is 5.32 Å². The molecule has 0 amide bonds. The standard InChI is InChI=1S/C17H25NO/c1-12(18-11-14-8-5-9-17(14)19)15-10-16(15)13-6-3-2-4-7-13/h2-4,6-7,12,14-19H,5,8-11H2,1H3/t12?,14-,15+,16+,17+/m1/s1. The number of hydrogen-bond acceptors (Lipinski definition) is 2. The van der Waals surface area contributed by atoms with Crippen LogP contribution in [0.2, 0.25) is 0 Å². The van der Waals surface area contributed by atoms with Crippen molar-refractivity contribution in [2.24, 2.45) is 11.8 Å². The monoisotopic (exact) mass is 259 g/mol. The Balaban J connectivity index is 1.46. The summed E-state index contributed by atoms with van der Waals surface area (Å²) in [6.45, 7) is 3.29. The van der Waals surface area contributed by atoms with Crippen LogP contribution in [0.15, 0.2) is 30.3 Å². The van der Waals surface area contributed by atoms with E-state index >= 15 is 0 Å². The highest BCUT2D eigenvalue weighted by atomic mass is 16.3. The zero-order chi connectivity index (χ0) is 13.2. The Kier molecular flexibility index (Phi) is 3.90. The highest BCUT2D eigenvalue weighted by Crippen LogP contribution is 2.49. The first-order chi connectivity index (χ1) is 9.25. The minimum absolute atomic E-state index is 0.0659. The average Bonchev–Trinajstić information content (AvgIpc) is 3.14. The maximum absolute atomic E-state index is 9.85. The van der Waals surface area contributed by atoms with E-state index in [1.807, 2.05) is 0 Å². The third kappa shape index (κ3) is 3.01. The molecule has 3 rings (SSSR count). The molecule has 0 aliphatic heterocycles. The number of nitrogens with one attached hydrogen (secondary N) is 1. The van der Waals surface area contributed by atoms with Gasteiger partial charge >= 0.3 is 0 Å². The van der Waals surface area contributed by atoms with Crippen molar-refractivity contribution in [3.63, 3.8) is 0 Å². The second kappa shape index (κ2) is 5.64. The second-order valence-corrected chi connectivity index (χ2v) is 6.37. The van der Waals surface area contributed by atoms with Gasteiger partial charge in [-0.25, -0.2) is 0 Å². The Morgan fingerprint density at radius 2 is 2.05 bits per heavy atom. The van der Waals surface area contributed by atoms with Crippen LogP contribution < -0.4 is 5.32 Å². The Morgan fingerprint density at radius 1 is 1.26 bits per heavy atom. The number of benzene rings is 1. The summed E-state index contributed by atoms with van der Waals surface area (Å²) in [6, 6.07) is 11.4. The van der Waals surface area contributed by atoms with Gasteiger partial charge in [0.05, 0.1) is 6.10 Å². The van der Waals surface area contributed by atoms with E-state index < -0.39 is 0 Å². The van der Waals surface area contributed by atoms with E-state index in [1.165, 1.54) is 24.8 Å². The first kappa shape index (κ1) is 13.1. The van der Waals surface area contributed by atoms with Gasteiger partial charge < -0.3 is 10.4 Å². The normalized spacial score (nSPS) is 35.3. The lowest BCUT2D eigenvalue weighted by molar-refractivity contribution is 0.129. The number of rotatable bonds is 5.